The number of benzene rings is 1. The van der Waals surface area contributed by atoms with E-state index in [9.17, 15) is 14.5 Å². The van der Waals surface area contributed by atoms with Crippen LogP contribution in [0.3, 0.4) is 0 Å². The third kappa shape index (κ3) is 2.79. The molecule has 0 atom stereocenters. The summed E-state index contributed by atoms with van der Waals surface area (Å²) >= 11 is 0. The molecule has 18 heavy (non-hydrogen) atoms. The summed E-state index contributed by atoms with van der Waals surface area (Å²) in [5, 5.41) is 13.7. The predicted octanol–water partition coefficient (Wildman–Crippen LogP) is 2.74. The van der Waals surface area contributed by atoms with Crippen molar-refractivity contribution in [3.05, 3.63) is 64.2 Å². The number of nitrogens with one attached hydrogen (secondary N) is 1. The van der Waals surface area contributed by atoms with Gasteiger partial charge in [0.15, 0.2) is 0 Å². The number of hydrogen-bond donors (Lipinski definition) is 1. The average Bonchev–Trinajstić information content (AvgIpc) is 2.38. The van der Waals surface area contributed by atoms with Crippen molar-refractivity contribution in [1.82, 2.24) is 4.98 Å². The van der Waals surface area contributed by atoms with Crippen LogP contribution >= 0.6 is 0 Å². The van der Waals surface area contributed by atoms with Gasteiger partial charge in [0.05, 0.1) is 11.1 Å². The number of nitrogens with zero attached hydrogens (tertiary/aromatic N) is 2. The summed E-state index contributed by atoms with van der Waals surface area (Å²) < 4.78 is 12.7. The molecule has 0 saturated heterocycles. The Bertz CT molecular complexity index is 558. The van der Waals surface area contributed by atoms with E-state index in [1.807, 2.05) is 0 Å². The smallest absolute Gasteiger partial charge is 0.295 e. The van der Waals surface area contributed by atoms with Crippen molar-refractivity contribution in [1.29, 1.82) is 0 Å². The van der Waals surface area contributed by atoms with Gasteiger partial charge in [-0.15, -0.1) is 0 Å². The zero-order chi connectivity index (χ0) is 13.0. The summed E-state index contributed by atoms with van der Waals surface area (Å²) in [4.78, 5) is 14.1. The normalized spacial score (nSPS) is 10.1. The Morgan fingerprint density at radius 3 is 2.67 bits per heavy atom. The molecule has 0 unspecified atom stereocenters. The molecule has 0 fully saturated rings. The maximum Gasteiger partial charge on any atom is 0.295 e. The highest BCUT2D eigenvalue weighted by atomic mass is 19.1. The molecule has 0 aliphatic rings. The van der Waals surface area contributed by atoms with Crippen LogP contribution in [-0.2, 0) is 6.54 Å². The summed E-state index contributed by atoms with van der Waals surface area (Å²) in [7, 11) is 0. The quantitative estimate of drug-likeness (QED) is 0.666. The third-order valence-electron chi connectivity index (χ3n) is 2.39. The van der Waals surface area contributed by atoms with Gasteiger partial charge in [-0.05, 0) is 17.7 Å². The van der Waals surface area contributed by atoms with Gasteiger partial charge in [0.2, 0.25) is 0 Å². The van der Waals surface area contributed by atoms with Gasteiger partial charge in [0, 0.05) is 18.8 Å². The Hall–Kier alpha value is -2.50. The van der Waals surface area contributed by atoms with Crippen molar-refractivity contribution < 1.29 is 9.31 Å². The predicted molar refractivity (Wildman–Crippen MR) is 64.6 cm³/mol. The molecule has 6 heteroatoms. The molecule has 0 spiro atoms. The van der Waals surface area contributed by atoms with Crippen LogP contribution in [0.5, 0.6) is 0 Å². The molecule has 0 aliphatic carbocycles. The van der Waals surface area contributed by atoms with Crippen LogP contribution < -0.4 is 5.32 Å². The van der Waals surface area contributed by atoms with Crippen molar-refractivity contribution in [2.75, 3.05) is 5.32 Å². The SMILES string of the molecule is O=[N+]([O-])c1ccncc1NCc1ccc(F)cc1. The molecule has 0 bridgehead atoms. The maximum absolute atomic E-state index is 12.7. The van der Waals surface area contributed by atoms with Crippen LogP contribution in [0.15, 0.2) is 42.7 Å². The zero-order valence-corrected chi connectivity index (χ0v) is 9.34. The van der Waals surface area contributed by atoms with Gasteiger partial charge in [-0.3, -0.25) is 15.1 Å². The molecule has 0 saturated carbocycles. The third-order valence-corrected chi connectivity index (χ3v) is 2.39. The summed E-state index contributed by atoms with van der Waals surface area (Å²) in [6.07, 6.45) is 2.75. The van der Waals surface area contributed by atoms with E-state index in [0.717, 1.165) is 5.56 Å². The Morgan fingerprint density at radius 2 is 2.00 bits per heavy atom. The average molecular weight is 247 g/mol. The molecule has 1 heterocycles. The minimum absolute atomic E-state index is 0.0351. The zero-order valence-electron chi connectivity index (χ0n) is 9.34. The van der Waals surface area contributed by atoms with Crippen LogP contribution in [0.2, 0.25) is 0 Å². The lowest BCUT2D eigenvalue weighted by Gasteiger charge is -2.06. The molecule has 5 nitrogen and oxygen atoms in total. The lowest BCUT2D eigenvalue weighted by atomic mass is 10.2. The first-order valence-corrected chi connectivity index (χ1v) is 5.23. The van der Waals surface area contributed by atoms with E-state index in [0.29, 0.717) is 12.2 Å². The van der Waals surface area contributed by atoms with Crippen molar-refractivity contribution in [2.45, 2.75) is 6.54 Å². The topological polar surface area (TPSA) is 68.1 Å². The highest BCUT2D eigenvalue weighted by molar-refractivity contribution is 5.59. The summed E-state index contributed by atoms with van der Waals surface area (Å²) in [6, 6.07) is 7.24. The number of halogens is 1. The van der Waals surface area contributed by atoms with E-state index in [-0.39, 0.29) is 11.5 Å². The van der Waals surface area contributed by atoms with Crippen LogP contribution in [0.4, 0.5) is 15.8 Å². The summed E-state index contributed by atoms with van der Waals surface area (Å²) in [5.74, 6) is -0.314. The first kappa shape index (κ1) is 12.0. The first-order chi connectivity index (χ1) is 8.66. The maximum atomic E-state index is 12.7. The van der Waals surface area contributed by atoms with Gasteiger partial charge < -0.3 is 5.32 Å². The molecule has 1 aromatic heterocycles. The van der Waals surface area contributed by atoms with E-state index in [4.69, 9.17) is 0 Å². The highest BCUT2D eigenvalue weighted by Crippen LogP contribution is 2.22. The minimum atomic E-state index is -0.478. The van der Waals surface area contributed by atoms with Crippen LogP contribution in [-0.4, -0.2) is 9.91 Å². The van der Waals surface area contributed by atoms with Gasteiger partial charge in [0.25, 0.3) is 5.69 Å². The van der Waals surface area contributed by atoms with Crippen molar-refractivity contribution in [2.24, 2.45) is 0 Å². The second-order valence-electron chi connectivity index (χ2n) is 3.63. The lowest BCUT2D eigenvalue weighted by Crippen LogP contribution is -2.03. The van der Waals surface area contributed by atoms with E-state index in [1.165, 1.54) is 30.6 Å². The molecule has 92 valence electrons. The Balaban J connectivity index is 2.10. The minimum Gasteiger partial charge on any atom is -0.374 e. The molecule has 0 aliphatic heterocycles. The Morgan fingerprint density at radius 1 is 1.28 bits per heavy atom. The number of pyridine rings is 1. The van der Waals surface area contributed by atoms with Crippen molar-refractivity contribution >= 4 is 11.4 Å². The second kappa shape index (κ2) is 5.22. The van der Waals surface area contributed by atoms with E-state index in [2.05, 4.69) is 10.3 Å². The van der Waals surface area contributed by atoms with Crippen molar-refractivity contribution in [3.8, 4) is 0 Å². The molecule has 2 aromatic rings. The van der Waals surface area contributed by atoms with Crippen LogP contribution in [0, 0.1) is 15.9 Å². The van der Waals surface area contributed by atoms with Gasteiger partial charge in [-0.25, -0.2) is 4.39 Å². The molecule has 2 rings (SSSR count). The fourth-order valence-electron chi connectivity index (χ4n) is 1.48. The number of rotatable bonds is 4. The molecule has 0 amide bonds. The fourth-order valence-corrected chi connectivity index (χ4v) is 1.48. The molecule has 1 aromatic carbocycles. The van der Waals surface area contributed by atoms with E-state index >= 15 is 0 Å². The highest BCUT2D eigenvalue weighted by Gasteiger charge is 2.12. The lowest BCUT2D eigenvalue weighted by molar-refractivity contribution is -0.384. The largest absolute Gasteiger partial charge is 0.374 e. The first-order valence-electron chi connectivity index (χ1n) is 5.23. The Labute approximate surface area is 102 Å². The number of anilines is 1. The summed E-state index contributed by atoms with van der Waals surface area (Å²) in [6.45, 7) is 0.368. The molecular formula is C12H10FN3O2. The number of aromatic nitrogens is 1. The molecule has 0 radical (unpaired) electrons. The fraction of sp³-hybridized carbons (Fsp3) is 0.0833. The number of nitro groups is 1. The molecular weight excluding hydrogens is 237 g/mol. The Kier molecular flexibility index (Phi) is 3.47. The van der Waals surface area contributed by atoms with Crippen LogP contribution in [0.1, 0.15) is 5.56 Å². The number of hydrogen-bond acceptors (Lipinski definition) is 4. The monoisotopic (exact) mass is 247 g/mol. The standard InChI is InChI=1S/C12H10FN3O2/c13-10-3-1-9(2-4-10)7-15-11-8-14-6-5-12(11)16(17)18/h1-6,8,15H,7H2. The van der Waals surface area contributed by atoms with Gasteiger partial charge >= 0.3 is 0 Å². The molecule has 1 N–H and O–H groups in total. The summed E-state index contributed by atoms with van der Waals surface area (Å²) in [5.41, 5.74) is 1.13. The van der Waals surface area contributed by atoms with E-state index < -0.39 is 4.92 Å². The van der Waals surface area contributed by atoms with Crippen LogP contribution in [0.25, 0.3) is 0 Å². The second-order valence-corrected chi connectivity index (χ2v) is 3.63. The van der Waals surface area contributed by atoms with Gasteiger partial charge in [-0.1, -0.05) is 12.1 Å². The van der Waals surface area contributed by atoms with Crippen molar-refractivity contribution in [3.63, 3.8) is 0 Å². The van der Waals surface area contributed by atoms with Gasteiger partial charge in [-0.2, -0.15) is 0 Å². The van der Waals surface area contributed by atoms with E-state index in [1.54, 1.807) is 12.1 Å². The van der Waals surface area contributed by atoms with Gasteiger partial charge in [0.1, 0.15) is 11.5 Å².